The summed E-state index contributed by atoms with van der Waals surface area (Å²) in [5.41, 5.74) is 1.04. The third kappa shape index (κ3) is 3.97. The second-order valence-electron chi connectivity index (χ2n) is 5.88. The summed E-state index contributed by atoms with van der Waals surface area (Å²) in [5.74, 6) is 1.24. The van der Waals surface area contributed by atoms with Crippen LogP contribution in [0.3, 0.4) is 0 Å². The SMILES string of the molecule is CCOc1ccc(C[NH+](C)[C@@H](C)C(=O)N2CCNC2=O)cc1OC. The van der Waals surface area contributed by atoms with Crippen molar-refractivity contribution in [3.63, 3.8) is 0 Å². The van der Waals surface area contributed by atoms with Gasteiger partial charge in [0.2, 0.25) is 0 Å². The van der Waals surface area contributed by atoms with E-state index < -0.39 is 0 Å². The third-order valence-corrected chi connectivity index (χ3v) is 4.24. The van der Waals surface area contributed by atoms with Crippen LogP contribution in [0.25, 0.3) is 0 Å². The van der Waals surface area contributed by atoms with E-state index in [1.807, 2.05) is 39.1 Å². The predicted octanol–water partition coefficient (Wildman–Crippen LogP) is 0.0489. The van der Waals surface area contributed by atoms with Crippen molar-refractivity contribution < 1.29 is 24.0 Å². The van der Waals surface area contributed by atoms with E-state index >= 15 is 0 Å². The summed E-state index contributed by atoms with van der Waals surface area (Å²) in [7, 11) is 3.55. The van der Waals surface area contributed by atoms with Gasteiger partial charge in [-0.05, 0) is 32.0 Å². The summed E-state index contributed by atoms with van der Waals surface area (Å²) >= 11 is 0. The number of amides is 3. The molecule has 2 atom stereocenters. The van der Waals surface area contributed by atoms with Crippen LogP contribution in [0.15, 0.2) is 18.2 Å². The van der Waals surface area contributed by atoms with Crippen LogP contribution in [-0.4, -0.2) is 56.7 Å². The highest BCUT2D eigenvalue weighted by Gasteiger charge is 2.33. The van der Waals surface area contributed by atoms with E-state index in [0.717, 1.165) is 10.5 Å². The van der Waals surface area contributed by atoms with Crippen LogP contribution in [-0.2, 0) is 11.3 Å². The Kier molecular flexibility index (Phi) is 6.03. The van der Waals surface area contributed by atoms with Crippen molar-refractivity contribution in [2.45, 2.75) is 26.4 Å². The van der Waals surface area contributed by atoms with Gasteiger partial charge in [-0.25, -0.2) is 4.79 Å². The summed E-state index contributed by atoms with van der Waals surface area (Å²) in [4.78, 5) is 26.4. The molecule has 0 radical (unpaired) electrons. The maximum Gasteiger partial charge on any atom is 0.324 e. The van der Waals surface area contributed by atoms with Crippen molar-refractivity contribution in [1.82, 2.24) is 10.2 Å². The van der Waals surface area contributed by atoms with Gasteiger partial charge >= 0.3 is 6.03 Å². The van der Waals surface area contributed by atoms with Gasteiger partial charge in [0.25, 0.3) is 5.91 Å². The van der Waals surface area contributed by atoms with Crippen LogP contribution in [0.1, 0.15) is 19.4 Å². The first-order valence-electron chi connectivity index (χ1n) is 8.19. The highest BCUT2D eigenvalue weighted by molar-refractivity contribution is 5.97. The summed E-state index contributed by atoms with van der Waals surface area (Å²) in [6.45, 7) is 5.94. The fraction of sp³-hybridized carbons (Fsp3) is 0.529. The molecule has 1 fully saturated rings. The normalized spacial score (nSPS) is 16.5. The van der Waals surface area contributed by atoms with Crippen LogP contribution in [0, 0.1) is 0 Å². The van der Waals surface area contributed by atoms with E-state index in [0.29, 0.717) is 37.7 Å². The Morgan fingerprint density at radius 3 is 2.75 bits per heavy atom. The molecule has 0 aliphatic carbocycles. The Morgan fingerprint density at radius 2 is 2.17 bits per heavy atom. The minimum Gasteiger partial charge on any atom is -0.493 e. The molecule has 132 valence electrons. The second kappa shape index (κ2) is 8.01. The fourth-order valence-corrected chi connectivity index (χ4v) is 2.70. The standard InChI is InChI=1S/C17H25N3O4/c1-5-24-14-7-6-13(10-15(14)23-4)11-19(3)12(2)16(21)20-9-8-18-17(20)22/h6-7,10,12H,5,8-9,11H2,1-4H3,(H,18,22)/p+1/t12-/m0/s1. The lowest BCUT2D eigenvalue weighted by molar-refractivity contribution is -0.908. The number of nitrogens with zero attached hydrogens (tertiary/aromatic N) is 1. The van der Waals surface area contributed by atoms with Crippen molar-refractivity contribution in [3.05, 3.63) is 23.8 Å². The minimum atomic E-state index is -0.314. The highest BCUT2D eigenvalue weighted by atomic mass is 16.5. The number of hydrogen-bond acceptors (Lipinski definition) is 4. The molecule has 24 heavy (non-hydrogen) atoms. The topological polar surface area (TPSA) is 72.3 Å². The van der Waals surface area contributed by atoms with E-state index in [-0.39, 0.29) is 18.0 Å². The average molecular weight is 336 g/mol. The number of imide groups is 1. The number of methoxy groups -OCH3 is 1. The maximum atomic E-state index is 12.4. The smallest absolute Gasteiger partial charge is 0.324 e. The molecular weight excluding hydrogens is 310 g/mol. The lowest BCUT2D eigenvalue weighted by Crippen LogP contribution is -3.12. The first kappa shape index (κ1) is 18.1. The molecule has 0 saturated carbocycles. The van der Waals surface area contributed by atoms with Gasteiger partial charge in [-0.2, -0.15) is 0 Å². The number of benzene rings is 1. The van der Waals surface area contributed by atoms with Crippen LogP contribution >= 0.6 is 0 Å². The van der Waals surface area contributed by atoms with Gasteiger partial charge in [0, 0.05) is 18.7 Å². The molecule has 2 N–H and O–H groups in total. The summed E-state index contributed by atoms with van der Waals surface area (Å²) < 4.78 is 10.9. The van der Waals surface area contributed by atoms with Crippen LogP contribution in [0.4, 0.5) is 4.79 Å². The van der Waals surface area contributed by atoms with Crippen LogP contribution < -0.4 is 19.7 Å². The van der Waals surface area contributed by atoms with Gasteiger partial charge in [0.1, 0.15) is 6.54 Å². The summed E-state index contributed by atoms with van der Waals surface area (Å²) in [6, 6.07) is 5.16. The molecule has 7 nitrogen and oxygen atoms in total. The van der Waals surface area contributed by atoms with Crippen LogP contribution in [0.2, 0.25) is 0 Å². The molecule has 1 aliphatic rings. The fourth-order valence-electron chi connectivity index (χ4n) is 2.70. The zero-order valence-corrected chi connectivity index (χ0v) is 14.7. The number of ether oxygens (including phenoxy) is 2. The Bertz CT molecular complexity index is 605. The number of hydrogen-bond donors (Lipinski definition) is 2. The molecule has 1 aliphatic heterocycles. The molecule has 0 spiro atoms. The Morgan fingerprint density at radius 1 is 1.42 bits per heavy atom. The maximum absolute atomic E-state index is 12.4. The molecule has 2 rings (SSSR count). The van der Waals surface area contributed by atoms with Crippen molar-refractivity contribution in [1.29, 1.82) is 0 Å². The zero-order valence-electron chi connectivity index (χ0n) is 14.7. The molecule has 1 heterocycles. The number of rotatable bonds is 7. The molecule has 1 aromatic carbocycles. The first-order valence-corrected chi connectivity index (χ1v) is 8.19. The second-order valence-corrected chi connectivity index (χ2v) is 5.88. The van der Waals surface area contributed by atoms with Crippen molar-refractivity contribution in [2.75, 3.05) is 33.9 Å². The Hall–Kier alpha value is -2.28. The quantitative estimate of drug-likeness (QED) is 0.738. The Labute approximate surface area is 142 Å². The van der Waals surface area contributed by atoms with Gasteiger partial charge in [-0.1, -0.05) is 0 Å². The van der Waals surface area contributed by atoms with Crippen molar-refractivity contribution >= 4 is 11.9 Å². The van der Waals surface area contributed by atoms with Gasteiger partial charge in [0.05, 0.1) is 20.8 Å². The van der Waals surface area contributed by atoms with E-state index in [9.17, 15) is 9.59 Å². The van der Waals surface area contributed by atoms with Gasteiger partial charge < -0.3 is 19.7 Å². The van der Waals surface area contributed by atoms with Crippen LogP contribution in [0.5, 0.6) is 11.5 Å². The molecular formula is C17H26N3O4+. The van der Waals surface area contributed by atoms with E-state index in [1.54, 1.807) is 7.11 Å². The summed E-state index contributed by atoms with van der Waals surface area (Å²) in [6.07, 6.45) is 0. The molecule has 1 aromatic rings. The van der Waals surface area contributed by atoms with E-state index in [4.69, 9.17) is 9.47 Å². The molecule has 0 aromatic heterocycles. The number of quaternary nitrogens is 1. The lowest BCUT2D eigenvalue weighted by atomic mass is 10.1. The van der Waals surface area contributed by atoms with Gasteiger partial charge in [-0.3, -0.25) is 9.69 Å². The largest absolute Gasteiger partial charge is 0.493 e. The molecule has 1 saturated heterocycles. The average Bonchev–Trinajstić information content (AvgIpc) is 3.01. The number of likely N-dealkylation sites (N-methyl/N-ethyl adjacent to an activating group) is 1. The van der Waals surface area contributed by atoms with Crippen molar-refractivity contribution in [2.24, 2.45) is 0 Å². The summed E-state index contributed by atoms with van der Waals surface area (Å²) in [5, 5.41) is 2.65. The Balaban J connectivity index is 2.04. The van der Waals surface area contributed by atoms with E-state index in [2.05, 4.69) is 5.32 Å². The molecule has 1 unspecified atom stereocenters. The third-order valence-electron chi connectivity index (χ3n) is 4.24. The first-order chi connectivity index (χ1) is 11.5. The zero-order chi connectivity index (χ0) is 17.7. The number of urea groups is 1. The van der Waals surface area contributed by atoms with Gasteiger partial charge in [-0.15, -0.1) is 0 Å². The molecule has 3 amide bonds. The van der Waals surface area contributed by atoms with Crippen molar-refractivity contribution in [3.8, 4) is 11.5 Å². The monoisotopic (exact) mass is 336 g/mol. The minimum absolute atomic E-state index is 0.152. The number of nitrogens with one attached hydrogen (secondary N) is 2. The molecule has 0 bridgehead atoms. The number of carbonyl (C=O) groups is 2. The highest BCUT2D eigenvalue weighted by Crippen LogP contribution is 2.27. The number of carbonyl (C=O) groups excluding carboxylic acids is 2. The molecule has 7 heteroatoms. The van der Waals surface area contributed by atoms with Gasteiger partial charge in [0.15, 0.2) is 17.5 Å². The lowest BCUT2D eigenvalue weighted by Gasteiger charge is -2.24. The van der Waals surface area contributed by atoms with E-state index in [1.165, 1.54) is 4.90 Å². The predicted molar refractivity (Wildman–Crippen MR) is 89.3 cm³/mol.